The third-order valence-corrected chi connectivity index (χ3v) is 8.07. The summed E-state index contributed by atoms with van der Waals surface area (Å²) in [5.74, 6) is 0. The van der Waals surface area contributed by atoms with Crippen molar-refractivity contribution in [3.05, 3.63) is 93.8 Å². The summed E-state index contributed by atoms with van der Waals surface area (Å²) in [4.78, 5) is 25.2. The molecule has 4 rings (SSSR count). The van der Waals surface area contributed by atoms with E-state index in [0.29, 0.717) is 4.57 Å². The number of rotatable bonds is 8. The number of ether oxygens (including phenoxy) is 1. The minimum absolute atomic E-state index is 0.186. The van der Waals surface area contributed by atoms with Gasteiger partial charge in [-0.3, -0.25) is 22.7 Å². The largest absolute Gasteiger partial charge is 0.346 e. The molecule has 1 aliphatic rings. The molecule has 14 heteroatoms. The fourth-order valence-electron chi connectivity index (χ4n) is 3.70. The molecule has 3 aromatic rings. The summed E-state index contributed by atoms with van der Waals surface area (Å²) in [6.45, 7) is 0.104. The third-order valence-electron chi connectivity index (χ3n) is 5.47. The van der Waals surface area contributed by atoms with Crippen LogP contribution in [-0.2, 0) is 33.3 Å². The lowest BCUT2D eigenvalue weighted by atomic mass is 9.98. The Balaban J connectivity index is 1.69. The molecule has 11 nitrogen and oxygen atoms in total. The van der Waals surface area contributed by atoms with Crippen LogP contribution in [0.2, 0.25) is 0 Å². The molecule has 1 aliphatic heterocycles. The average Bonchev–Trinajstić information content (AvgIpc) is 3.08. The van der Waals surface area contributed by atoms with E-state index in [1.165, 1.54) is 48.5 Å². The van der Waals surface area contributed by atoms with E-state index in [4.69, 9.17) is 13.1 Å². The van der Waals surface area contributed by atoms with Gasteiger partial charge in [-0.05, 0) is 31.2 Å². The van der Waals surface area contributed by atoms with Crippen LogP contribution in [0.1, 0.15) is 13.2 Å². The summed E-state index contributed by atoms with van der Waals surface area (Å²) >= 11 is 0. The molecule has 0 amide bonds. The Bertz CT molecular complexity index is 1550. The van der Waals surface area contributed by atoms with Gasteiger partial charge in [0.05, 0.1) is 16.4 Å². The standard InChI is InChI=1S/C22H21FN2O9S2/c1-22(23)19(34-36(30,31)16-10-6-3-7-11-16)17(14-32-35(28,29)15-8-4-2-5-9-15)33-20(22)25-13-12-18(26)24-21(25)27/h2-13,17,19-20H,14H2,1H3,(H,24,26,27)/t17?,19-,20?,22-/m1/s1. The van der Waals surface area contributed by atoms with Crippen LogP contribution in [0.3, 0.4) is 0 Å². The number of H-pyrrole nitrogens is 1. The molecule has 4 atom stereocenters. The second-order valence-electron chi connectivity index (χ2n) is 8.03. The maximum absolute atomic E-state index is 16.2. The summed E-state index contributed by atoms with van der Waals surface area (Å²) in [7, 11) is -8.87. The molecule has 2 aromatic carbocycles. The van der Waals surface area contributed by atoms with Crippen LogP contribution in [0.15, 0.2) is 92.3 Å². The highest BCUT2D eigenvalue weighted by atomic mass is 32.2. The van der Waals surface area contributed by atoms with Gasteiger partial charge in [-0.2, -0.15) is 16.8 Å². The Labute approximate surface area is 205 Å². The zero-order valence-electron chi connectivity index (χ0n) is 18.7. The van der Waals surface area contributed by atoms with Crippen molar-refractivity contribution in [2.24, 2.45) is 0 Å². The van der Waals surface area contributed by atoms with Crippen LogP contribution in [0.25, 0.3) is 0 Å². The topological polar surface area (TPSA) is 151 Å². The van der Waals surface area contributed by atoms with Gasteiger partial charge in [0.15, 0.2) is 11.9 Å². The highest BCUT2D eigenvalue weighted by Gasteiger charge is 2.58. The van der Waals surface area contributed by atoms with Crippen molar-refractivity contribution < 1.29 is 34.3 Å². The monoisotopic (exact) mass is 540 g/mol. The van der Waals surface area contributed by atoms with E-state index in [1.807, 2.05) is 4.98 Å². The molecule has 2 unspecified atom stereocenters. The highest BCUT2D eigenvalue weighted by Crippen LogP contribution is 2.43. The molecule has 192 valence electrons. The van der Waals surface area contributed by atoms with Gasteiger partial charge in [-0.25, -0.2) is 9.18 Å². The van der Waals surface area contributed by atoms with Gasteiger partial charge in [0, 0.05) is 12.3 Å². The summed E-state index contributed by atoms with van der Waals surface area (Å²) in [5.41, 5.74) is -4.48. The van der Waals surface area contributed by atoms with E-state index in [-0.39, 0.29) is 9.79 Å². The van der Waals surface area contributed by atoms with Crippen LogP contribution in [0, 0.1) is 0 Å². The molecule has 0 bridgehead atoms. The lowest BCUT2D eigenvalue weighted by Gasteiger charge is -2.27. The predicted molar refractivity (Wildman–Crippen MR) is 123 cm³/mol. The number of hydrogen-bond donors (Lipinski definition) is 1. The van der Waals surface area contributed by atoms with Gasteiger partial charge < -0.3 is 4.74 Å². The molecule has 36 heavy (non-hydrogen) atoms. The average molecular weight is 541 g/mol. The molecule has 0 saturated carbocycles. The number of nitrogens with zero attached hydrogens (tertiary/aromatic N) is 1. The quantitative estimate of drug-likeness (QED) is 0.418. The molecule has 1 saturated heterocycles. The van der Waals surface area contributed by atoms with Gasteiger partial charge in [0.1, 0.15) is 12.2 Å². The summed E-state index contributed by atoms with van der Waals surface area (Å²) in [6.07, 6.45) is -4.35. The number of aromatic nitrogens is 2. The first-order valence-electron chi connectivity index (χ1n) is 10.5. The Morgan fingerprint density at radius 3 is 2.06 bits per heavy atom. The van der Waals surface area contributed by atoms with Crippen molar-refractivity contribution in [1.29, 1.82) is 0 Å². The number of benzene rings is 2. The molecule has 0 radical (unpaired) electrons. The first-order chi connectivity index (χ1) is 16.9. The van der Waals surface area contributed by atoms with Crippen LogP contribution >= 0.6 is 0 Å². The SMILES string of the molecule is C[C@]1(F)C(n2ccc(=O)[nH]c2=O)OC(COS(=O)(=O)c2ccccc2)[C@H]1OS(=O)(=O)c1ccccc1. The lowest BCUT2D eigenvalue weighted by Crippen LogP contribution is -2.46. The van der Waals surface area contributed by atoms with E-state index in [9.17, 15) is 26.4 Å². The van der Waals surface area contributed by atoms with Gasteiger partial charge in [-0.1, -0.05) is 36.4 Å². The van der Waals surface area contributed by atoms with Crippen LogP contribution in [-0.4, -0.2) is 50.9 Å². The van der Waals surface area contributed by atoms with Crippen molar-refractivity contribution >= 4 is 20.2 Å². The van der Waals surface area contributed by atoms with E-state index in [0.717, 1.165) is 19.2 Å². The molecule has 1 aromatic heterocycles. The molecule has 2 heterocycles. The fourth-order valence-corrected chi connectivity index (χ4v) is 5.82. The first-order valence-corrected chi connectivity index (χ1v) is 13.3. The number of nitrogens with one attached hydrogen (secondary N) is 1. The van der Waals surface area contributed by atoms with E-state index in [2.05, 4.69) is 0 Å². The molecule has 0 spiro atoms. The molecule has 1 N–H and O–H groups in total. The minimum atomic E-state index is -4.55. The summed E-state index contributed by atoms with van der Waals surface area (Å²) in [6, 6.07) is 14.9. The van der Waals surface area contributed by atoms with E-state index < -0.39 is 62.2 Å². The number of hydrogen-bond acceptors (Lipinski definition) is 9. The van der Waals surface area contributed by atoms with Gasteiger partial charge in [0.2, 0.25) is 0 Å². The van der Waals surface area contributed by atoms with Crippen molar-refractivity contribution in [1.82, 2.24) is 9.55 Å². The number of halogens is 1. The van der Waals surface area contributed by atoms with Gasteiger partial charge >= 0.3 is 5.69 Å². The van der Waals surface area contributed by atoms with Crippen LogP contribution < -0.4 is 11.2 Å². The fraction of sp³-hybridized carbons (Fsp3) is 0.273. The zero-order valence-corrected chi connectivity index (χ0v) is 20.3. The van der Waals surface area contributed by atoms with E-state index in [1.54, 1.807) is 12.1 Å². The summed E-state index contributed by atoms with van der Waals surface area (Å²) in [5, 5.41) is 0. The maximum Gasteiger partial charge on any atom is 0.330 e. The zero-order chi connectivity index (χ0) is 26.1. The normalized spacial score (nSPS) is 24.6. The van der Waals surface area contributed by atoms with Gasteiger partial charge in [-0.15, -0.1) is 0 Å². The Hall–Kier alpha value is -3.17. The molecule has 1 fully saturated rings. The van der Waals surface area contributed by atoms with Crippen molar-refractivity contribution in [3.8, 4) is 0 Å². The van der Waals surface area contributed by atoms with Crippen molar-refractivity contribution in [2.75, 3.05) is 6.61 Å². The molecular formula is C22H21FN2O9S2. The second-order valence-corrected chi connectivity index (χ2v) is 11.2. The van der Waals surface area contributed by atoms with E-state index >= 15 is 4.39 Å². The predicted octanol–water partition coefficient (Wildman–Crippen LogP) is 1.34. The molecular weight excluding hydrogens is 519 g/mol. The maximum atomic E-state index is 16.2. The smallest absolute Gasteiger partial charge is 0.330 e. The summed E-state index contributed by atoms with van der Waals surface area (Å²) < 4.78 is 83.6. The first kappa shape index (κ1) is 25.9. The lowest BCUT2D eigenvalue weighted by molar-refractivity contribution is -0.0581. The Morgan fingerprint density at radius 2 is 1.50 bits per heavy atom. The van der Waals surface area contributed by atoms with Crippen molar-refractivity contribution in [2.45, 2.75) is 40.8 Å². The van der Waals surface area contributed by atoms with Crippen LogP contribution in [0.4, 0.5) is 4.39 Å². The Kier molecular flexibility index (Phi) is 6.99. The van der Waals surface area contributed by atoms with Crippen LogP contribution in [0.5, 0.6) is 0 Å². The number of alkyl halides is 1. The molecule has 0 aliphatic carbocycles. The minimum Gasteiger partial charge on any atom is -0.346 e. The number of aromatic amines is 1. The third kappa shape index (κ3) is 5.17. The Morgan fingerprint density at radius 1 is 0.944 bits per heavy atom. The highest BCUT2D eigenvalue weighted by molar-refractivity contribution is 7.87. The van der Waals surface area contributed by atoms with Gasteiger partial charge in [0.25, 0.3) is 25.8 Å². The van der Waals surface area contributed by atoms with Crippen molar-refractivity contribution in [3.63, 3.8) is 0 Å². The second kappa shape index (κ2) is 9.71.